The Morgan fingerprint density at radius 2 is 1.78 bits per heavy atom. The number of nitrogens with zero attached hydrogens (tertiary/aromatic N) is 2. The van der Waals surface area contributed by atoms with Gasteiger partial charge in [0.25, 0.3) is 5.91 Å². The smallest absolute Gasteiger partial charge is 0.410 e. The Bertz CT molecular complexity index is 600. The number of carbonyl (C=O) groups excluding carboxylic acids is 2. The first-order chi connectivity index (χ1) is 11.2. The zero-order valence-electron chi connectivity index (χ0n) is 12.5. The molecule has 0 atom stereocenters. The number of hydrogen-bond donors (Lipinski definition) is 2. The topological polar surface area (TPSA) is 73.9 Å². The lowest BCUT2D eigenvalue weighted by molar-refractivity contribution is -0.129. The van der Waals surface area contributed by atoms with Gasteiger partial charge in [0, 0.05) is 31.6 Å². The number of carbonyl (C=O) groups is 2. The number of hydrazine groups is 1. The minimum atomic E-state index is -0.337. The van der Waals surface area contributed by atoms with Crippen LogP contribution in [0.2, 0.25) is 0 Å². The second-order valence-corrected chi connectivity index (χ2v) is 5.87. The van der Waals surface area contributed by atoms with Crippen molar-refractivity contribution in [3.8, 4) is 0 Å². The van der Waals surface area contributed by atoms with Gasteiger partial charge in [0.05, 0.1) is 0 Å². The molecular formula is C15H18N4O3S. The summed E-state index contributed by atoms with van der Waals surface area (Å²) in [6.07, 6.45) is -0.337. The molecule has 3 rings (SSSR count). The number of benzene rings is 1. The highest BCUT2D eigenvalue weighted by Crippen LogP contribution is 2.13. The first kappa shape index (κ1) is 15.7. The van der Waals surface area contributed by atoms with Crippen molar-refractivity contribution in [3.63, 3.8) is 0 Å². The first-order valence-corrected chi connectivity index (χ1v) is 8.24. The van der Waals surface area contributed by atoms with Crippen LogP contribution in [-0.2, 0) is 16.1 Å². The summed E-state index contributed by atoms with van der Waals surface area (Å²) < 4.78 is 5.31. The number of ether oxygens (including phenoxy) is 1. The third kappa shape index (κ3) is 3.96. The van der Waals surface area contributed by atoms with Crippen LogP contribution in [0.5, 0.6) is 0 Å². The van der Waals surface area contributed by atoms with Crippen molar-refractivity contribution in [2.45, 2.75) is 6.61 Å². The highest BCUT2D eigenvalue weighted by molar-refractivity contribution is 8.00. The molecule has 2 heterocycles. The molecule has 1 saturated heterocycles. The third-order valence-corrected chi connectivity index (χ3v) is 4.26. The molecule has 0 bridgehead atoms. The van der Waals surface area contributed by atoms with Gasteiger partial charge in [0.1, 0.15) is 12.3 Å². The van der Waals surface area contributed by atoms with E-state index in [1.807, 2.05) is 30.3 Å². The van der Waals surface area contributed by atoms with E-state index in [1.165, 1.54) is 11.9 Å². The zero-order chi connectivity index (χ0) is 16.1. The first-order valence-electron chi connectivity index (χ1n) is 7.36. The van der Waals surface area contributed by atoms with E-state index in [-0.39, 0.29) is 18.6 Å². The van der Waals surface area contributed by atoms with Crippen molar-refractivity contribution in [1.29, 1.82) is 0 Å². The van der Waals surface area contributed by atoms with Crippen molar-refractivity contribution in [2.75, 3.05) is 26.2 Å². The van der Waals surface area contributed by atoms with Gasteiger partial charge >= 0.3 is 6.09 Å². The molecule has 0 aromatic heterocycles. The SMILES string of the molecule is O=C(OCc1ccccc1)N1CCN(C(=O)C2=CSNN2)CC1. The highest BCUT2D eigenvalue weighted by atomic mass is 32.2. The summed E-state index contributed by atoms with van der Waals surface area (Å²) in [5.74, 6) is -0.0557. The molecule has 2 N–H and O–H groups in total. The lowest BCUT2D eigenvalue weighted by Crippen LogP contribution is -2.51. The minimum absolute atomic E-state index is 0.0557. The molecule has 1 aromatic carbocycles. The van der Waals surface area contributed by atoms with E-state index in [9.17, 15) is 9.59 Å². The standard InChI is InChI=1S/C15H18N4O3S/c20-14(13-11-23-17-16-13)18-6-8-19(9-7-18)15(21)22-10-12-4-2-1-3-5-12/h1-5,11,16-17H,6-10H2. The van der Waals surface area contributed by atoms with E-state index in [2.05, 4.69) is 10.3 Å². The Labute approximate surface area is 138 Å². The summed E-state index contributed by atoms with van der Waals surface area (Å²) in [6.45, 7) is 2.23. The molecule has 2 aliphatic rings. The maximum absolute atomic E-state index is 12.2. The Morgan fingerprint density at radius 1 is 1.09 bits per heavy atom. The van der Waals surface area contributed by atoms with Crippen molar-refractivity contribution in [1.82, 2.24) is 20.1 Å². The molecule has 0 radical (unpaired) electrons. The van der Waals surface area contributed by atoms with E-state index in [4.69, 9.17) is 4.74 Å². The second kappa shape index (κ2) is 7.38. The second-order valence-electron chi connectivity index (χ2n) is 5.20. The maximum atomic E-state index is 12.2. The van der Waals surface area contributed by atoms with Crippen molar-refractivity contribution in [3.05, 3.63) is 47.0 Å². The van der Waals surface area contributed by atoms with E-state index in [0.29, 0.717) is 31.9 Å². The molecule has 23 heavy (non-hydrogen) atoms. The lowest BCUT2D eigenvalue weighted by Gasteiger charge is -2.34. The molecule has 0 spiro atoms. The van der Waals surface area contributed by atoms with Crippen molar-refractivity contribution < 1.29 is 14.3 Å². The van der Waals surface area contributed by atoms with Gasteiger partial charge in [-0.1, -0.05) is 30.3 Å². The average Bonchev–Trinajstić information content (AvgIpc) is 3.15. The van der Waals surface area contributed by atoms with Crippen LogP contribution in [0.4, 0.5) is 4.79 Å². The van der Waals surface area contributed by atoms with Crippen LogP contribution in [0.3, 0.4) is 0 Å². The number of amides is 2. The van der Waals surface area contributed by atoms with Crippen LogP contribution in [-0.4, -0.2) is 48.0 Å². The third-order valence-electron chi connectivity index (χ3n) is 3.68. The van der Waals surface area contributed by atoms with Crippen LogP contribution in [0.15, 0.2) is 41.4 Å². The number of rotatable bonds is 3. The predicted molar refractivity (Wildman–Crippen MR) is 86.7 cm³/mol. The Balaban J connectivity index is 1.45. The van der Waals surface area contributed by atoms with Crippen LogP contribution in [0.25, 0.3) is 0 Å². The van der Waals surface area contributed by atoms with Gasteiger partial charge < -0.3 is 20.0 Å². The summed E-state index contributed by atoms with van der Waals surface area (Å²) in [7, 11) is 0. The van der Waals surface area contributed by atoms with E-state index in [1.54, 1.807) is 15.2 Å². The molecule has 1 aromatic rings. The summed E-state index contributed by atoms with van der Waals surface area (Å²) in [6, 6.07) is 9.57. The predicted octanol–water partition coefficient (Wildman–Crippen LogP) is 1.06. The monoisotopic (exact) mass is 334 g/mol. The summed E-state index contributed by atoms with van der Waals surface area (Å²) in [5, 5.41) is 1.74. The average molecular weight is 334 g/mol. The Hall–Kier alpha value is -2.19. The molecule has 7 nitrogen and oxygen atoms in total. The fraction of sp³-hybridized carbons (Fsp3) is 0.333. The van der Waals surface area contributed by atoms with Crippen LogP contribution >= 0.6 is 11.9 Å². The van der Waals surface area contributed by atoms with E-state index >= 15 is 0 Å². The molecule has 122 valence electrons. The van der Waals surface area contributed by atoms with Gasteiger partial charge in [-0.25, -0.2) is 4.79 Å². The summed E-state index contributed by atoms with van der Waals surface area (Å²) in [5.41, 5.74) is 4.30. The quantitative estimate of drug-likeness (QED) is 0.806. The lowest BCUT2D eigenvalue weighted by atomic mass is 10.2. The molecule has 2 amide bonds. The fourth-order valence-electron chi connectivity index (χ4n) is 2.38. The van der Waals surface area contributed by atoms with E-state index in [0.717, 1.165) is 5.56 Å². The normalized spacial score (nSPS) is 17.5. The largest absolute Gasteiger partial charge is 0.445 e. The van der Waals surface area contributed by atoms with E-state index < -0.39 is 0 Å². The number of nitrogens with one attached hydrogen (secondary N) is 2. The number of hydrogen-bond acceptors (Lipinski definition) is 6. The van der Waals surface area contributed by atoms with Crippen LogP contribution in [0, 0.1) is 0 Å². The Kier molecular flexibility index (Phi) is 5.04. The van der Waals surface area contributed by atoms with Gasteiger partial charge in [-0.15, -0.1) is 0 Å². The van der Waals surface area contributed by atoms with Crippen molar-refractivity contribution >= 4 is 23.9 Å². The summed E-state index contributed by atoms with van der Waals surface area (Å²) in [4.78, 5) is 30.4. The fourth-order valence-corrected chi connectivity index (χ4v) is 2.88. The molecule has 0 unspecified atom stereocenters. The van der Waals surface area contributed by atoms with Gasteiger partial charge in [-0.2, -0.15) is 4.83 Å². The maximum Gasteiger partial charge on any atom is 0.410 e. The summed E-state index contributed by atoms with van der Waals surface area (Å²) >= 11 is 1.33. The molecule has 0 saturated carbocycles. The molecule has 0 aliphatic carbocycles. The zero-order valence-corrected chi connectivity index (χ0v) is 13.3. The van der Waals surface area contributed by atoms with Crippen molar-refractivity contribution in [2.24, 2.45) is 0 Å². The molecule has 2 aliphatic heterocycles. The van der Waals surface area contributed by atoms with Gasteiger partial charge in [-0.3, -0.25) is 4.79 Å². The Morgan fingerprint density at radius 3 is 2.43 bits per heavy atom. The number of piperazine rings is 1. The highest BCUT2D eigenvalue weighted by Gasteiger charge is 2.27. The molecule has 8 heteroatoms. The molecule has 1 fully saturated rings. The molecular weight excluding hydrogens is 316 g/mol. The van der Waals surface area contributed by atoms with Gasteiger partial charge in [-0.05, 0) is 17.5 Å². The minimum Gasteiger partial charge on any atom is -0.445 e. The van der Waals surface area contributed by atoms with Crippen LogP contribution < -0.4 is 10.3 Å². The van der Waals surface area contributed by atoms with Gasteiger partial charge in [0.2, 0.25) is 0 Å². The van der Waals surface area contributed by atoms with Gasteiger partial charge in [0.15, 0.2) is 0 Å². The van der Waals surface area contributed by atoms with Crippen LogP contribution in [0.1, 0.15) is 5.56 Å².